The topological polar surface area (TPSA) is 57.1 Å². The van der Waals surface area contributed by atoms with Gasteiger partial charge in [-0.25, -0.2) is 0 Å². The molecule has 5 nitrogen and oxygen atoms in total. The largest absolute Gasteiger partial charge is 0.496 e. The van der Waals surface area contributed by atoms with Crippen LogP contribution in [-0.2, 0) is 0 Å². The third kappa shape index (κ3) is 3.92. The van der Waals surface area contributed by atoms with Crippen molar-refractivity contribution in [1.82, 2.24) is 15.4 Å². The van der Waals surface area contributed by atoms with E-state index in [-0.39, 0.29) is 5.60 Å². The molecule has 3 rings (SSSR count). The van der Waals surface area contributed by atoms with Crippen LogP contribution >= 0.6 is 0 Å². The molecule has 140 valence electrons. The lowest BCUT2D eigenvalue weighted by molar-refractivity contribution is 0.0810. The maximum Gasteiger partial charge on any atom is 0.128 e. The lowest BCUT2D eigenvalue weighted by Gasteiger charge is -2.29. The Morgan fingerprint density at radius 3 is 2.15 bits per heavy atom. The Labute approximate surface area is 160 Å². The van der Waals surface area contributed by atoms with Crippen LogP contribution in [0.1, 0.15) is 33.6 Å². The first kappa shape index (κ1) is 18.8. The van der Waals surface area contributed by atoms with E-state index in [9.17, 15) is 0 Å². The molecule has 0 fully saturated rings. The second-order valence-corrected chi connectivity index (χ2v) is 6.65. The summed E-state index contributed by atoms with van der Waals surface area (Å²) in [7, 11) is 1.65. The van der Waals surface area contributed by atoms with E-state index in [0.29, 0.717) is 5.69 Å². The van der Waals surface area contributed by atoms with Crippen molar-refractivity contribution < 1.29 is 9.47 Å². The molecule has 0 spiro atoms. The van der Waals surface area contributed by atoms with E-state index in [1.54, 1.807) is 13.3 Å². The van der Waals surface area contributed by atoms with E-state index < -0.39 is 0 Å². The highest BCUT2D eigenvalue weighted by Gasteiger charge is 2.24. The molecule has 0 radical (unpaired) electrons. The number of aromatic nitrogens is 3. The minimum Gasteiger partial charge on any atom is -0.496 e. The standard InChI is InChI=1S/C22H25N3O2/c1-5-22(3,6-2)27-20-14-10-7-11-16(20)18-15-23-25-24-21(18)17-12-8-9-13-19(17)26-4/h7-15H,5-6H2,1-4H3. The van der Waals surface area contributed by atoms with Crippen LogP contribution in [0.25, 0.3) is 22.4 Å². The van der Waals surface area contributed by atoms with Crippen molar-refractivity contribution in [3.8, 4) is 33.9 Å². The zero-order valence-corrected chi connectivity index (χ0v) is 16.3. The fourth-order valence-electron chi connectivity index (χ4n) is 2.94. The Hall–Kier alpha value is -2.95. The summed E-state index contributed by atoms with van der Waals surface area (Å²) in [4.78, 5) is 0. The van der Waals surface area contributed by atoms with Gasteiger partial charge in [0.2, 0.25) is 0 Å². The summed E-state index contributed by atoms with van der Waals surface area (Å²) >= 11 is 0. The lowest BCUT2D eigenvalue weighted by atomic mass is 9.97. The molecule has 0 unspecified atom stereocenters. The second kappa shape index (κ2) is 8.16. The third-order valence-corrected chi connectivity index (χ3v) is 5.03. The van der Waals surface area contributed by atoms with Crippen LogP contribution in [0.4, 0.5) is 0 Å². The maximum absolute atomic E-state index is 6.43. The van der Waals surface area contributed by atoms with Crippen molar-refractivity contribution in [2.24, 2.45) is 0 Å². The number of hydrogen-bond donors (Lipinski definition) is 0. The summed E-state index contributed by atoms with van der Waals surface area (Å²) in [5, 5.41) is 12.2. The zero-order valence-electron chi connectivity index (χ0n) is 16.3. The van der Waals surface area contributed by atoms with Crippen LogP contribution in [0.2, 0.25) is 0 Å². The fourth-order valence-corrected chi connectivity index (χ4v) is 2.94. The number of methoxy groups -OCH3 is 1. The van der Waals surface area contributed by atoms with Gasteiger partial charge in [-0.2, -0.15) is 0 Å². The van der Waals surface area contributed by atoms with Crippen LogP contribution < -0.4 is 9.47 Å². The molecule has 0 saturated heterocycles. The summed E-state index contributed by atoms with van der Waals surface area (Å²) < 4.78 is 11.9. The molecule has 27 heavy (non-hydrogen) atoms. The Kier molecular flexibility index (Phi) is 5.69. The van der Waals surface area contributed by atoms with Crippen molar-refractivity contribution in [3.63, 3.8) is 0 Å². The minimum absolute atomic E-state index is 0.228. The van der Waals surface area contributed by atoms with Gasteiger partial charge in [-0.3, -0.25) is 0 Å². The van der Waals surface area contributed by atoms with Crippen molar-refractivity contribution >= 4 is 0 Å². The molecule has 0 amide bonds. The number of rotatable bonds is 7. The Morgan fingerprint density at radius 1 is 0.852 bits per heavy atom. The molecule has 2 aromatic carbocycles. The van der Waals surface area contributed by atoms with Crippen LogP contribution in [0, 0.1) is 0 Å². The first-order chi connectivity index (χ1) is 13.1. The minimum atomic E-state index is -0.228. The van der Waals surface area contributed by atoms with Gasteiger partial charge in [-0.15, -0.1) is 10.2 Å². The molecule has 0 aliphatic rings. The van der Waals surface area contributed by atoms with Gasteiger partial charge in [0.15, 0.2) is 0 Å². The number of ether oxygens (including phenoxy) is 2. The Balaban J connectivity index is 2.14. The maximum atomic E-state index is 6.43. The zero-order chi connectivity index (χ0) is 19.3. The van der Waals surface area contributed by atoms with Gasteiger partial charge < -0.3 is 9.47 Å². The van der Waals surface area contributed by atoms with Crippen molar-refractivity contribution in [2.45, 2.75) is 39.2 Å². The molecule has 0 atom stereocenters. The summed E-state index contributed by atoms with van der Waals surface area (Å²) in [6.45, 7) is 6.41. The molecule has 1 aromatic heterocycles. The lowest BCUT2D eigenvalue weighted by Crippen LogP contribution is -2.30. The first-order valence-corrected chi connectivity index (χ1v) is 9.22. The van der Waals surface area contributed by atoms with Crippen molar-refractivity contribution in [1.29, 1.82) is 0 Å². The Bertz CT molecular complexity index is 907. The summed E-state index contributed by atoms with van der Waals surface area (Å²) in [6.07, 6.45) is 3.57. The Morgan fingerprint density at radius 2 is 1.48 bits per heavy atom. The summed E-state index contributed by atoms with van der Waals surface area (Å²) in [5.74, 6) is 1.55. The summed E-state index contributed by atoms with van der Waals surface area (Å²) in [6, 6.07) is 15.8. The quantitative estimate of drug-likeness (QED) is 0.579. The number of benzene rings is 2. The van der Waals surface area contributed by atoms with Gasteiger partial charge in [-0.05, 0) is 43.2 Å². The molecule has 0 saturated carbocycles. The van der Waals surface area contributed by atoms with Crippen molar-refractivity contribution in [2.75, 3.05) is 7.11 Å². The van der Waals surface area contributed by atoms with Crippen LogP contribution in [-0.4, -0.2) is 28.1 Å². The molecule has 0 aliphatic carbocycles. The third-order valence-electron chi connectivity index (χ3n) is 5.03. The second-order valence-electron chi connectivity index (χ2n) is 6.65. The van der Waals surface area contributed by atoms with Gasteiger partial charge >= 0.3 is 0 Å². The van der Waals surface area contributed by atoms with E-state index in [0.717, 1.165) is 41.0 Å². The number of para-hydroxylation sites is 2. The van der Waals surface area contributed by atoms with E-state index in [1.165, 1.54) is 0 Å². The fraction of sp³-hybridized carbons (Fsp3) is 0.318. The van der Waals surface area contributed by atoms with E-state index in [1.807, 2.05) is 48.5 Å². The molecule has 1 heterocycles. The average Bonchev–Trinajstić information content (AvgIpc) is 2.74. The molecule has 0 bridgehead atoms. The van der Waals surface area contributed by atoms with E-state index in [2.05, 4.69) is 36.2 Å². The van der Waals surface area contributed by atoms with Crippen LogP contribution in [0.5, 0.6) is 11.5 Å². The monoisotopic (exact) mass is 363 g/mol. The molecule has 5 heteroatoms. The summed E-state index contributed by atoms with van der Waals surface area (Å²) in [5.41, 5.74) is 3.16. The van der Waals surface area contributed by atoms with Crippen LogP contribution in [0.15, 0.2) is 54.7 Å². The predicted molar refractivity (Wildman–Crippen MR) is 107 cm³/mol. The van der Waals surface area contributed by atoms with E-state index >= 15 is 0 Å². The number of nitrogens with zero attached hydrogens (tertiary/aromatic N) is 3. The van der Waals surface area contributed by atoms with Crippen molar-refractivity contribution in [3.05, 3.63) is 54.7 Å². The molecular weight excluding hydrogens is 338 g/mol. The molecule has 3 aromatic rings. The molecule has 0 aliphatic heterocycles. The number of hydrogen-bond acceptors (Lipinski definition) is 5. The average molecular weight is 363 g/mol. The van der Waals surface area contributed by atoms with Gasteiger partial charge in [0.05, 0.1) is 13.3 Å². The normalized spacial score (nSPS) is 11.3. The highest BCUT2D eigenvalue weighted by molar-refractivity contribution is 5.85. The van der Waals surface area contributed by atoms with Gasteiger partial charge in [-0.1, -0.05) is 44.2 Å². The van der Waals surface area contributed by atoms with Crippen LogP contribution in [0.3, 0.4) is 0 Å². The van der Waals surface area contributed by atoms with Gasteiger partial charge in [0.1, 0.15) is 22.8 Å². The molecule has 0 N–H and O–H groups in total. The van der Waals surface area contributed by atoms with E-state index in [4.69, 9.17) is 9.47 Å². The highest BCUT2D eigenvalue weighted by Crippen LogP contribution is 2.39. The van der Waals surface area contributed by atoms with Gasteiger partial charge in [0.25, 0.3) is 0 Å². The first-order valence-electron chi connectivity index (χ1n) is 9.22. The predicted octanol–water partition coefficient (Wildman–Crippen LogP) is 5.17. The van der Waals surface area contributed by atoms with Gasteiger partial charge in [0, 0.05) is 16.7 Å². The SMILES string of the molecule is CCC(C)(CC)Oc1ccccc1-c1cnnnc1-c1ccccc1OC. The molecular formula is C22H25N3O2. The highest BCUT2D eigenvalue weighted by atomic mass is 16.5. The smallest absolute Gasteiger partial charge is 0.128 e.